The van der Waals surface area contributed by atoms with E-state index < -0.39 is 0 Å². The molecule has 1 aromatic heterocycles. The summed E-state index contributed by atoms with van der Waals surface area (Å²) in [5.74, 6) is -0.123. The van der Waals surface area contributed by atoms with E-state index in [0.717, 1.165) is 0 Å². The van der Waals surface area contributed by atoms with Gasteiger partial charge in [0.1, 0.15) is 6.54 Å². The first-order valence-corrected chi connectivity index (χ1v) is 8.08. The minimum Gasteiger partial charge on any atom is -0.326 e. The van der Waals surface area contributed by atoms with E-state index >= 15 is 0 Å². The monoisotopic (exact) mass is 370 g/mol. The van der Waals surface area contributed by atoms with Crippen molar-refractivity contribution in [3.63, 3.8) is 0 Å². The van der Waals surface area contributed by atoms with Crippen molar-refractivity contribution in [1.82, 2.24) is 20.2 Å². The highest BCUT2D eigenvalue weighted by atomic mass is 35.5. The maximum absolute atomic E-state index is 12.2. The molecule has 0 saturated carbocycles. The molecule has 1 heterocycles. The van der Waals surface area contributed by atoms with Gasteiger partial charge in [0.05, 0.1) is 0 Å². The van der Waals surface area contributed by atoms with Gasteiger partial charge in [0.25, 0.3) is 0 Å². The number of halogens is 1. The van der Waals surface area contributed by atoms with Crippen molar-refractivity contribution in [2.24, 2.45) is 0 Å². The van der Waals surface area contributed by atoms with Gasteiger partial charge in [0.2, 0.25) is 17.6 Å². The minimum atomic E-state index is -0.319. The number of nitrogens with one attached hydrogen (secondary N) is 2. The lowest BCUT2D eigenvalue weighted by atomic mass is 10.2. The van der Waals surface area contributed by atoms with Gasteiger partial charge in [-0.2, -0.15) is 4.80 Å². The lowest BCUT2D eigenvalue weighted by Gasteiger charge is -2.07. The van der Waals surface area contributed by atoms with Gasteiger partial charge in [0.15, 0.2) is 0 Å². The molecular weight excluding hydrogens is 356 g/mol. The van der Waals surface area contributed by atoms with E-state index in [4.69, 9.17) is 11.6 Å². The maximum atomic E-state index is 12.2. The fourth-order valence-electron chi connectivity index (χ4n) is 2.26. The summed E-state index contributed by atoms with van der Waals surface area (Å²) in [6.07, 6.45) is 0. The van der Waals surface area contributed by atoms with E-state index in [9.17, 15) is 9.59 Å². The van der Waals surface area contributed by atoms with Crippen molar-refractivity contribution in [2.75, 3.05) is 10.6 Å². The molecular formula is C17H15ClN6O2. The van der Waals surface area contributed by atoms with Gasteiger partial charge in [0, 0.05) is 28.9 Å². The lowest BCUT2D eigenvalue weighted by molar-refractivity contribution is -0.117. The molecule has 0 aliphatic rings. The zero-order chi connectivity index (χ0) is 18.5. The van der Waals surface area contributed by atoms with E-state index in [-0.39, 0.29) is 18.4 Å². The third-order valence-corrected chi connectivity index (χ3v) is 3.52. The van der Waals surface area contributed by atoms with Gasteiger partial charge >= 0.3 is 0 Å². The topological polar surface area (TPSA) is 102 Å². The van der Waals surface area contributed by atoms with Crippen LogP contribution in [-0.4, -0.2) is 32.0 Å². The van der Waals surface area contributed by atoms with Gasteiger partial charge in [-0.3, -0.25) is 9.59 Å². The minimum absolute atomic E-state index is 0.0993. The second kappa shape index (κ2) is 7.75. The van der Waals surface area contributed by atoms with Crippen LogP contribution in [0.3, 0.4) is 0 Å². The summed E-state index contributed by atoms with van der Waals surface area (Å²) in [7, 11) is 0. The Morgan fingerprint density at radius 3 is 2.54 bits per heavy atom. The Hall–Kier alpha value is -3.26. The molecule has 26 heavy (non-hydrogen) atoms. The Balaban J connectivity index is 1.65. The first-order valence-electron chi connectivity index (χ1n) is 7.71. The average Bonchev–Trinajstić information content (AvgIpc) is 3.03. The highest BCUT2D eigenvalue weighted by molar-refractivity contribution is 6.30. The van der Waals surface area contributed by atoms with E-state index in [2.05, 4.69) is 26.0 Å². The van der Waals surface area contributed by atoms with Crippen molar-refractivity contribution in [2.45, 2.75) is 13.5 Å². The Kier molecular flexibility index (Phi) is 5.23. The molecule has 8 nitrogen and oxygen atoms in total. The summed E-state index contributed by atoms with van der Waals surface area (Å²) in [6, 6.07) is 13.9. The fourth-order valence-corrected chi connectivity index (χ4v) is 2.45. The first-order chi connectivity index (χ1) is 12.5. The van der Waals surface area contributed by atoms with Crippen molar-refractivity contribution in [3.05, 3.63) is 53.6 Å². The van der Waals surface area contributed by atoms with E-state index in [0.29, 0.717) is 27.8 Å². The van der Waals surface area contributed by atoms with Gasteiger partial charge in [-0.25, -0.2) is 0 Å². The van der Waals surface area contributed by atoms with Crippen molar-refractivity contribution in [1.29, 1.82) is 0 Å². The molecule has 2 amide bonds. The second-order valence-corrected chi connectivity index (χ2v) is 5.90. The number of anilines is 2. The highest BCUT2D eigenvalue weighted by Crippen LogP contribution is 2.18. The van der Waals surface area contributed by atoms with E-state index in [1.54, 1.807) is 48.5 Å². The third kappa shape index (κ3) is 4.64. The summed E-state index contributed by atoms with van der Waals surface area (Å²) in [6.45, 7) is 1.32. The molecule has 0 fully saturated rings. The quantitative estimate of drug-likeness (QED) is 0.718. The predicted octanol–water partition coefficient (Wildman–Crippen LogP) is 2.59. The van der Waals surface area contributed by atoms with Crippen LogP contribution in [0.4, 0.5) is 11.4 Å². The number of tetrazole rings is 1. The molecule has 0 saturated heterocycles. The number of carbonyl (C=O) groups is 2. The standard InChI is InChI=1S/C17H15ClN6O2/c1-11(25)19-14-6-3-7-15(9-14)20-16(26)10-24-22-17(21-23-24)12-4-2-5-13(18)8-12/h2-9H,10H2,1H3,(H,19,25)(H,20,26). The van der Waals surface area contributed by atoms with Gasteiger partial charge in [-0.15, -0.1) is 10.2 Å². The number of carbonyl (C=O) groups excluding carboxylic acids is 2. The molecule has 0 radical (unpaired) electrons. The highest BCUT2D eigenvalue weighted by Gasteiger charge is 2.10. The zero-order valence-electron chi connectivity index (χ0n) is 13.8. The first kappa shape index (κ1) is 17.6. The SMILES string of the molecule is CC(=O)Nc1cccc(NC(=O)Cn2nnc(-c3cccc(Cl)c3)n2)c1. The van der Waals surface area contributed by atoms with E-state index in [1.807, 2.05) is 0 Å². The molecule has 9 heteroatoms. The van der Waals surface area contributed by atoms with Crippen LogP contribution in [0.5, 0.6) is 0 Å². The normalized spacial score (nSPS) is 10.4. The second-order valence-electron chi connectivity index (χ2n) is 5.46. The van der Waals surface area contributed by atoms with Crippen LogP contribution < -0.4 is 10.6 Å². The number of hydrogen-bond donors (Lipinski definition) is 2. The van der Waals surface area contributed by atoms with Gasteiger partial charge < -0.3 is 10.6 Å². The molecule has 3 rings (SSSR count). The van der Waals surface area contributed by atoms with Crippen LogP contribution in [0.25, 0.3) is 11.4 Å². The molecule has 0 bridgehead atoms. The number of aromatic nitrogens is 4. The summed E-state index contributed by atoms with van der Waals surface area (Å²) < 4.78 is 0. The average molecular weight is 371 g/mol. The van der Waals surface area contributed by atoms with Crippen LogP contribution in [0.1, 0.15) is 6.92 Å². The molecule has 2 aromatic carbocycles. The number of nitrogens with zero attached hydrogens (tertiary/aromatic N) is 4. The smallest absolute Gasteiger partial charge is 0.248 e. The summed E-state index contributed by atoms with van der Waals surface area (Å²) >= 11 is 5.95. The molecule has 0 aliphatic heterocycles. The Bertz CT molecular complexity index is 956. The number of rotatable bonds is 5. The van der Waals surface area contributed by atoms with Crippen LogP contribution in [-0.2, 0) is 16.1 Å². The molecule has 0 atom stereocenters. The van der Waals surface area contributed by atoms with Crippen molar-refractivity contribution in [3.8, 4) is 11.4 Å². The number of hydrogen-bond acceptors (Lipinski definition) is 5. The molecule has 0 unspecified atom stereocenters. The Labute approximate surface area is 154 Å². The third-order valence-electron chi connectivity index (χ3n) is 3.29. The molecule has 0 aliphatic carbocycles. The number of amides is 2. The van der Waals surface area contributed by atoms with E-state index in [1.165, 1.54) is 11.7 Å². The largest absolute Gasteiger partial charge is 0.326 e. The van der Waals surface area contributed by atoms with Crippen LogP contribution >= 0.6 is 11.6 Å². The maximum Gasteiger partial charge on any atom is 0.248 e. The predicted molar refractivity (Wildman–Crippen MR) is 97.6 cm³/mol. The number of benzene rings is 2. The van der Waals surface area contributed by atoms with Crippen LogP contribution in [0, 0.1) is 0 Å². The zero-order valence-corrected chi connectivity index (χ0v) is 14.6. The molecule has 3 aromatic rings. The van der Waals surface area contributed by atoms with Crippen molar-refractivity contribution < 1.29 is 9.59 Å². The molecule has 2 N–H and O–H groups in total. The summed E-state index contributed by atoms with van der Waals surface area (Å²) in [5, 5.41) is 17.9. The Morgan fingerprint density at radius 1 is 1.08 bits per heavy atom. The lowest BCUT2D eigenvalue weighted by Crippen LogP contribution is -2.20. The van der Waals surface area contributed by atoms with Gasteiger partial charge in [-0.1, -0.05) is 29.8 Å². The van der Waals surface area contributed by atoms with Crippen LogP contribution in [0.15, 0.2) is 48.5 Å². The summed E-state index contributed by atoms with van der Waals surface area (Å²) in [5.41, 5.74) is 1.86. The summed E-state index contributed by atoms with van der Waals surface area (Å²) in [4.78, 5) is 24.5. The molecule has 132 valence electrons. The van der Waals surface area contributed by atoms with Crippen molar-refractivity contribution >= 4 is 34.8 Å². The Morgan fingerprint density at radius 2 is 1.81 bits per heavy atom. The van der Waals surface area contributed by atoms with Gasteiger partial charge in [-0.05, 0) is 35.5 Å². The molecule has 0 spiro atoms. The fraction of sp³-hybridized carbons (Fsp3) is 0.118. The van der Waals surface area contributed by atoms with Crippen LogP contribution in [0.2, 0.25) is 5.02 Å².